The lowest BCUT2D eigenvalue weighted by Gasteiger charge is -2.37. The Morgan fingerprint density at radius 3 is 2.65 bits per heavy atom. The standard InChI is InChI=1S/C15H23N3O2/c1-18(12-5-13-3-8-16-9-4-13)14(19)15(20-2)6-10-17-11-7-15/h3-4,8-9,17H,5-7,10-12H2,1-2H3. The SMILES string of the molecule is COC1(C(=O)N(C)CCc2ccncc2)CCNCC1. The molecule has 1 aliphatic rings. The van der Waals surface area contributed by atoms with E-state index in [0.29, 0.717) is 6.54 Å². The van der Waals surface area contributed by atoms with E-state index in [1.54, 1.807) is 24.4 Å². The number of amides is 1. The molecular formula is C15H23N3O2. The first kappa shape index (κ1) is 14.9. The van der Waals surface area contributed by atoms with Gasteiger partial charge in [-0.25, -0.2) is 0 Å². The van der Waals surface area contributed by atoms with Crippen LogP contribution in [0.1, 0.15) is 18.4 Å². The maximum absolute atomic E-state index is 12.6. The molecule has 1 aromatic heterocycles. The van der Waals surface area contributed by atoms with Gasteiger partial charge in [-0.2, -0.15) is 0 Å². The average molecular weight is 277 g/mol. The summed E-state index contributed by atoms with van der Waals surface area (Å²) in [5.41, 5.74) is 0.551. The van der Waals surface area contributed by atoms with Gasteiger partial charge in [0.2, 0.25) is 0 Å². The minimum atomic E-state index is -0.641. The van der Waals surface area contributed by atoms with Gasteiger partial charge in [0.1, 0.15) is 5.60 Å². The van der Waals surface area contributed by atoms with Crippen LogP contribution in [0.2, 0.25) is 0 Å². The summed E-state index contributed by atoms with van der Waals surface area (Å²) in [6, 6.07) is 3.96. The molecule has 0 aromatic carbocycles. The number of pyridine rings is 1. The Morgan fingerprint density at radius 2 is 2.05 bits per heavy atom. The lowest BCUT2D eigenvalue weighted by molar-refractivity contribution is -0.156. The smallest absolute Gasteiger partial charge is 0.254 e. The van der Waals surface area contributed by atoms with E-state index in [0.717, 1.165) is 32.4 Å². The number of hydrogen-bond donors (Lipinski definition) is 1. The summed E-state index contributed by atoms with van der Waals surface area (Å²) >= 11 is 0. The maximum Gasteiger partial charge on any atom is 0.254 e. The van der Waals surface area contributed by atoms with Crippen LogP contribution in [0, 0.1) is 0 Å². The van der Waals surface area contributed by atoms with Gasteiger partial charge in [-0.15, -0.1) is 0 Å². The number of carbonyl (C=O) groups excluding carboxylic acids is 1. The van der Waals surface area contributed by atoms with Crippen LogP contribution in [-0.2, 0) is 16.0 Å². The van der Waals surface area contributed by atoms with E-state index in [-0.39, 0.29) is 5.91 Å². The summed E-state index contributed by atoms with van der Waals surface area (Å²) in [5.74, 6) is 0.0931. The first-order valence-corrected chi connectivity index (χ1v) is 7.08. The average Bonchev–Trinajstić information content (AvgIpc) is 2.53. The first-order valence-electron chi connectivity index (χ1n) is 7.08. The molecule has 1 aromatic rings. The van der Waals surface area contributed by atoms with Crippen LogP contribution in [-0.4, -0.2) is 55.2 Å². The zero-order chi connectivity index (χ0) is 14.4. The topological polar surface area (TPSA) is 54.5 Å². The Kier molecular flexibility index (Phi) is 5.09. The van der Waals surface area contributed by atoms with Crippen LogP contribution in [0.5, 0.6) is 0 Å². The van der Waals surface area contributed by atoms with E-state index in [2.05, 4.69) is 10.3 Å². The van der Waals surface area contributed by atoms with Crippen molar-refractivity contribution in [1.82, 2.24) is 15.2 Å². The number of rotatable bonds is 5. The summed E-state index contributed by atoms with van der Waals surface area (Å²) < 4.78 is 5.57. The normalized spacial score (nSPS) is 17.7. The monoisotopic (exact) mass is 277 g/mol. The minimum absolute atomic E-state index is 0.0931. The third-order valence-corrected chi connectivity index (χ3v) is 4.02. The number of piperidine rings is 1. The lowest BCUT2D eigenvalue weighted by Crippen LogP contribution is -2.54. The van der Waals surface area contributed by atoms with Gasteiger partial charge in [0, 0.05) is 33.1 Å². The van der Waals surface area contributed by atoms with E-state index in [4.69, 9.17) is 4.74 Å². The third kappa shape index (κ3) is 3.35. The molecule has 0 saturated carbocycles. The van der Waals surface area contributed by atoms with Crippen molar-refractivity contribution in [2.45, 2.75) is 24.9 Å². The second-order valence-corrected chi connectivity index (χ2v) is 5.28. The molecule has 2 rings (SSSR count). The number of nitrogens with one attached hydrogen (secondary N) is 1. The van der Waals surface area contributed by atoms with E-state index >= 15 is 0 Å². The van der Waals surface area contributed by atoms with Crippen molar-refractivity contribution in [3.8, 4) is 0 Å². The van der Waals surface area contributed by atoms with E-state index in [1.165, 1.54) is 5.56 Å². The number of likely N-dealkylation sites (N-methyl/N-ethyl adjacent to an activating group) is 1. The van der Waals surface area contributed by atoms with Gasteiger partial charge in [-0.1, -0.05) is 0 Å². The molecule has 5 nitrogen and oxygen atoms in total. The highest BCUT2D eigenvalue weighted by Crippen LogP contribution is 2.24. The molecule has 1 amide bonds. The molecule has 2 heterocycles. The molecule has 5 heteroatoms. The second kappa shape index (κ2) is 6.81. The predicted octanol–water partition coefficient (Wildman–Crippen LogP) is 0.851. The van der Waals surface area contributed by atoms with Gasteiger partial charge < -0.3 is 15.0 Å². The summed E-state index contributed by atoms with van der Waals surface area (Å²) in [6.45, 7) is 2.36. The van der Waals surface area contributed by atoms with Crippen LogP contribution in [0.25, 0.3) is 0 Å². The molecule has 20 heavy (non-hydrogen) atoms. The summed E-state index contributed by atoms with van der Waals surface area (Å²) in [5, 5.41) is 3.27. The number of aromatic nitrogens is 1. The molecule has 1 aliphatic heterocycles. The van der Waals surface area contributed by atoms with Gasteiger partial charge >= 0.3 is 0 Å². The highest BCUT2D eigenvalue weighted by molar-refractivity contribution is 5.85. The van der Waals surface area contributed by atoms with E-state index in [1.807, 2.05) is 19.2 Å². The van der Waals surface area contributed by atoms with E-state index < -0.39 is 5.60 Å². The van der Waals surface area contributed by atoms with Crippen molar-refractivity contribution in [2.75, 3.05) is 33.8 Å². The fraction of sp³-hybridized carbons (Fsp3) is 0.600. The van der Waals surface area contributed by atoms with Crippen LogP contribution in [0.3, 0.4) is 0 Å². The second-order valence-electron chi connectivity index (χ2n) is 5.28. The Bertz CT molecular complexity index is 430. The number of ether oxygens (including phenoxy) is 1. The van der Waals surface area contributed by atoms with Crippen molar-refractivity contribution < 1.29 is 9.53 Å². The third-order valence-electron chi connectivity index (χ3n) is 4.02. The highest BCUT2D eigenvalue weighted by atomic mass is 16.5. The summed E-state index contributed by atoms with van der Waals surface area (Å²) in [7, 11) is 3.49. The molecule has 0 radical (unpaired) electrons. The lowest BCUT2D eigenvalue weighted by atomic mass is 9.90. The molecule has 110 valence electrons. The van der Waals surface area contributed by atoms with Crippen LogP contribution in [0.15, 0.2) is 24.5 Å². The van der Waals surface area contributed by atoms with Crippen LogP contribution >= 0.6 is 0 Å². The molecule has 0 spiro atoms. The molecule has 0 atom stereocenters. The maximum atomic E-state index is 12.6. The zero-order valence-corrected chi connectivity index (χ0v) is 12.3. The molecule has 0 bridgehead atoms. The number of hydrogen-bond acceptors (Lipinski definition) is 4. The summed E-state index contributed by atoms with van der Waals surface area (Å²) in [6.07, 6.45) is 5.87. The van der Waals surface area contributed by atoms with Gasteiger partial charge in [-0.05, 0) is 50.0 Å². The zero-order valence-electron chi connectivity index (χ0n) is 12.3. The molecule has 1 N–H and O–H groups in total. The van der Waals surface area contributed by atoms with Crippen LogP contribution in [0.4, 0.5) is 0 Å². The quantitative estimate of drug-likeness (QED) is 0.867. The molecular weight excluding hydrogens is 254 g/mol. The number of nitrogens with zero attached hydrogens (tertiary/aromatic N) is 2. The highest BCUT2D eigenvalue weighted by Gasteiger charge is 2.41. The number of methoxy groups -OCH3 is 1. The van der Waals surface area contributed by atoms with Gasteiger partial charge in [0.25, 0.3) is 5.91 Å². The first-order chi connectivity index (χ1) is 9.68. The van der Waals surface area contributed by atoms with E-state index in [9.17, 15) is 4.79 Å². The van der Waals surface area contributed by atoms with Gasteiger partial charge in [-0.3, -0.25) is 9.78 Å². The fourth-order valence-electron chi connectivity index (χ4n) is 2.63. The van der Waals surface area contributed by atoms with Gasteiger partial charge in [0.15, 0.2) is 0 Å². The van der Waals surface area contributed by atoms with Crippen molar-refractivity contribution in [2.24, 2.45) is 0 Å². The van der Waals surface area contributed by atoms with Crippen molar-refractivity contribution in [3.63, 3.8) is 0 Å². The Morgan fingerprint density at radius 1 is 1.40 bits per heavy atom. The Balaban J connectivity index is 1.93. The molecule has 0 aliphatic carbocycles. The molecule has 1 fully saturated rings. The molecule has 0 unspecified atom stereocenters. The van der Waals surface area contributed by atoms with Crippen molar-refractivity contribution in [1.29, 1.82) is 0 Å². The Hall–Kier alpha value is -1.46. The number of carbonyl (C=O) groups is 1. The summed E-state index contributed by atoms with van der Waals surface area (Å²) in [4.78, 5) is 18.4. The minimum Gasteiger partial charge on any atom is -0.368 e. The predicted molar refractivity (Wildman–Crippen MR) is 77.4 cm³/mol. The largest absolute Gasteiger partial charge is 0.368 e. The van der Waals surface area contributed by atoms with Crippen molar-refractivity contribution in [3.05, 3.63) is 30.1 Å². The van der Waals surface area contributed by atoms with Gasteiger partial charge in [0.05, 0.1) is 0 Å². The fourth-order valence-corrected chi connectivity index (χ4v) is 2.63. The Labute approximate surface area is 120 Å². The van der Waals surface area contributed by atoms with Crippen molar-refractivity contribution >= 4 is 5.91 Å². The molecule has 1 saturated heterocycles. The van der Waals surface area contributed by atoms with Crippen LogP contribution < -0.4 is 5.32 Å².